The van der Waals surface area contributed by atoms with Crippen molar-refractivity contribution in [2.75, 3.05) is 12.4 Å². The minimum absolute atomic E-state index is 0.201. The van der Waals surface area contributed by atoms with E-state index < -0.39 is 0 Å². The van der Waals surface area contributed by atoms with Crippen molar-refractivity contribution in [3.05, 3.63) is 58.9 Å². The molecule has 0 heterocycles. The Morgan fingerprint density at radius 2 is 2.00 bits per heavy atom. The zero-order valence-corrected chi connectivity index (χ0v) is 12.9. The van der Waals surface area contributed by atoms with E-state index in [1.165, 1.54) is 6.07 Å². The molecule has 0 radical (unpaired) electrons. The van der Waals surface area contributed by atoms with Crippen molar-refractivity contribution in [1.82, 2.24) is 5.32 Å². The van der Waals surface area contributed by atoms with E-state index in [-0.39, 0.29) is 12.4 Å². The zero-order valence-electron chi connectivity index (χ0n) is 11.3. The molecule has 2 aromatic rings. The second kappa shape index (κ2) is 7.24. The first kappa shape index (κ1) is 15.5. The second-order valence-corrected chi connectivity index (χ2v) is 5.02. The fraction of sp³-hybridized carbons (Fsp3) is 0.133. The monoisotopic (exact) mass is 324 g/mol. The summed E-state index contributed by atoms with van der Waals surface area (Å²) in [4.78, 5) is 0. The molecule has 21 heavy (non-hydrogen) atoms. The van der Waals surface area contributed by atoms with Gasteiger partial charge in [0.1, 0.15) is 11.6 Å². The molecular formula is C15H14ClFN2OS. The maximum Gasteiger partial charge on any atom is 0.171 e. The van der Waals surface area contributed by atoms with Gasteiger partial charge in [-0.2, -0.15) is 0 Å². The summed E-state index contributed by atoms with van der Waals surface area (Å²) in [5.41, 5.74) is 1.11. The van der Waals surface area contributed by atoms with Gasteiger partial charge in [-0.05, 0) is 36.5 Å². The fourth-order valence-electron chi connectivity index (χ4n) is 1.78. The summed E-state index contributed by atoms with van der Waals surface area (Å²) < 4.78 is 18.9. The minimum Gasteiger partial charge on any atom is -0.495 e. The third kappa shape index (κ3) is 4.06. The molecule has 0 saturated heterocycles. The van der Waals surface area contributed by atoms with Crippen molar-refractivity contribution in [2.24, 2.45) is 0 Å². The van der Waals surface area contributed by atoms with Crippen LogP contribution in [0.4, 0.5) is 10.1 Å². The highest BCUT2D eigenvalue weighted by Crippen LogP contribution is 2.23. The van der Waals surface area contributed by atoms with Crippen LogP contribution in [-0.2, 0) is 6.54 Å². The summed E-state index contributed by atoms with van der Waals surface area (Å²) in [6.07, 6.45) is 0. The molecule has 0 aromatic heterocycles. The van der Waals surface area contributed by atoms with Gasteiger partial charge in [-0.1, -0.05) is 29.8 Å². The Morgan fingerprint density at radius 3 is 2.71 bits per heavy atom. The molecular weight excluding hydrogens is 311 g/mol. The van der Waals surface area contributed by atoms with Crippen molar-refractivity contribution in [1.29, 1.82) is 0 Å². The number of rotatable bonds is 4. The van der Waals surface area contributed by atoms with Crippen LogP contribution >= 0.6 is 23.8 Å². The second-order valence-electron chi connectivity index (χ2n) is 4.21. The maximum atomic E-state index is 13.6. The van der Waals surface area contributed by atoms with Crippen LogP contribution < -0.4 is 15.4 Å². The van der Waals surface area contributed by atoms with Gasteiger partial charge in [0.05, 0.1) is 12.8 Å². The molecule has 3 nitrogen and oxygen atoms in total. The van der Waals surface area contributed by atoms with Gasteiger partial charge in [0.15, 0.2) is 5.11 Å². The molecule has 0 atom stereocenters. The highest BCUT2D eigenvalue weighted by atomic mass is 35.5. The summed E-state index contributed by atoms with van der Waals surface area (Å²) in [6, 6.07) is 11.9. The van der Waals surface area contributed by atoms with Crippen LogP contribution in [0, 0.1) is 5.82 Å². The average Bonchev–Trinajstić information content (AvgIpc) is 2.47. The van der Waals surface area contributed by atoms with Gasteiger partial charge in [0.2, 0.25) is 0 Å². The lowest BCUT2D eigenvalue weighted by molar-refractivity contribution is 0.417. The molecule has 110 valence electrons. The Hall–Kier alpha value is -1.85. The predicted molar refractivity (Wildman–Crippen MR) is 87.5 cm³/mol. The molecule has 2 aromatic carbocycles. The number of halogens is 2. The van der Waals surface area contributed by atoms with Gasteiger partial charge in [-0.25, -0.2) is 4.39 Å². The standard InChI is InChI=1S/C15H14ClFN2OS/c1-20-14-8-3-2-7-13(14)19-15(21)18-9-10-11(16)5-4-6-12(10)17/h2-8H,9H2,1H3,(H2,18,19,21). The van der Waals surface area contributed by atoms with Gasteiger partial charge in [0.25, 0.3) is 0 Å². The van der Waals surface area contributed by atoms with Crippen LogP contribution in [-0.4, -0.2) is 12.2 Å². The Bertz CT molecular complexity index is 631. The minimum atomic E-state index is -0.366. The van der Waals surface area contributed by atoms with Crippen molar-refractivity contribution in [3.8, 4) is 5.75 Å². The highest BCUT2D eigenvalue weighted by molar-refractivity contribution is 7.80. The molecule has 0 fully saturated rings. The van der Waals surface area contributed by atoms with E-state index in [0.717, 1.165) is 5.69 Å². The third-order valence-corrected chi connectivity index (χ3v) is 3.44. The number of para-hydroxylation sites is 2. The molecule has 2 rings (SSSR count). The first-order valence-electron chi connectivity index (χ1n) is 6.22. The Morgan fingerprint density at radius 1 is 1.24 bits per heavy atom. The lowest BCUT2D eigenvalue weighted by atomic mass is 10.2. The number of ether oxygens (including phenoxy) is 1. The van der Waals surface area contributed by atoms with Crippen molar-refractivity contribution in [2.45, 2.75) is 6.54 Å². The smallest absolute Gasteiger partial charge is 0.171 e. The summed E-state index contributed by atoms with van der Waals surface area (Å²) in [7, 11) is 1.58. The Balaban J connectivity index is 1.99. The van der Waals surface area contributed by atoms with Crippen LogP contribution in [0.25, 0.3) is 0 Å². The van der Waals surface area contributed by atoms with Crippen LogP contribution in [0.1, 0.15) is 5.56 Å². The van der Waals surface area contributed by atoms with Crippen LogP contribution in [0.3, 0.4) is 0 Å². The number of hydrogen-bond donors (Lipinski definition) is 2. The molecule has 0 spiro atoms. The number of benzene rings is 2. The first-order valence-corrected chi connectivity index (χ1v) is 7.01. The molecule has 0 aliphatic heterocycles. The Kier molecular flexibility index (Phi) is 5.36. The topological polar surface area (TPSA) is 33.3 Å². The summed E-state index contributed by atoms with van der Waals surface area (Å²) >= 11 is 11.1. The van der Waals surface area contributed by atoms with Gasteiger partial charge >= 0.3 is 0 Å². The lowest BCUT2D eigenvalue weighted by Gasteiger charge is -2.14. The van der Waals surface area contributed by atoms with Gasteiger partial charge in [-0.3, -0.25) is 0 Å². The molecule has 0 bridgehead atoms. The molecule has 2 N–H and O–H groups in total. The van der Waals surface area contributed by atoms with Gasteiger partial charge in [-0.15, -0.1) is 0 Å². The van der Waals surface area contributed by atoms with E-state index >= 15 is 0 Å². The van der Waals surface area contributed by atoms with E-state index in [1.54, 1.807) is 19.2 Å². The molecule has 6 heteroatoms. The molecule has 0 aliphatic rings. The highest BCUT2D eigenvalue weighted by Gasteiger charge is 2.08. The van der Waals surface area contributed by atoms with Crippen LogP contribution in [0.5, 0.6) is 5.75 Å². The first-order chi connectivity index (χ1) is 10.1. The van der Waals surface area contributed by atoms with Crippen molar-refractivity contribution >= 4 is 34.6 Å². The average molecular weight is 325 g/mol. The molecule has 0 saturated carbocycles. The summed E-state index contributed by atoms with van der Waals surface area (Å²) in [5.74, 6) is 0.306. The number of anilines is 1. The quantitative estimate of drug-likeness (QED) is 0.834. The van der Waals surface area contributed by atoms with E-state index in [4.69, 9.17) is 28.6 Å². The largest absolute Gasteiger partial charge is 0.495 e. The number of thiocarbonyl (C=S) groups is 1. The van der Waals surface area contributed by atoms with Gasteiger partial charge in [0, 0.05) is 17.1 Å². The molecule has 0 aliphatic carbocycles. The van der Waals surface area contributed by atoms with Crippen LogP contribution in [0.15, 0.2) is 42.5 Å². The van der Waals surface area contributed by atoms with Crippen molar-refractivity contribution in [3.63, 3.8) is 0 Å². The number of hydrogen-bond acceptors (Lipinski definition) is 2. The van der Waals surface area contributed by atoms with E-state index in [0.29, 0.717) is 21.4 Å². The Labute approximate surface area is 133 Å². The fourth-order valence-corrected chi connectivity index (χ4v) is 2.20. The normalized spacial score (nSPS) is 10.0. The molecule has 0 amide bonds. The third-order valence-electron chi connectivity index (χ3n) is 2.84. The van der Waals surface area contributed by atoms with E-state index in [9.17, 15) is 4.39 Å². The predicted octanol–water partition coefficient (Wildman–Crippen LogP) is 3.97. The molecule has 0 unspecified atom stereocenters. The zero-order chi connectivity index (χ0) is 15.2. The number of nitrogens with one attached hydrogen (secondary N) is 2. The van der Waals surface area contributed by atoms with E-state index in [2.05, 4.69) is 10.6 Å². The van der Waals surface area contributed by atoms with Gasteiger partial charge < -0.3 is 15.4 Å². The summed E-state index contributed by atoms with van der Waals surface area (Å²) in [5, 5.41) is 6.64. The van der Waals surface area contributed by atoms with E-state index in [1.807, 2.05) is 24.3 Å². The SMILES string of the molecule is COc1ccccc1NC(=S)NCc1c(F)cccc1Cl. The lowest BCUT2D eigenvalue weighted by Crippen LogP contribution is -2.28. The van der Waals surface area contributed by atoms with Crippen LogP contribution in [0.2, 0.25) is 5.02 Å². The maximum absolute atomic E-state index is 13.6. The number of methoxy groups -OCH3 is 1. The summed E-state index contributed by atoms with van der Waals surface area (Å²) in [6.45, 7) is 0.201. The van der Waals surface area contributed by atoms with Crippen molar-refractivity contribution < 1.29 is 9.13 Å².